The van der Waals surface area contributed by atoms with E-state index in [2.05, 4.69) is 5.04 Å². The van der Waals surface area contributed by atoms with E-state index in [1.807, 2.05) is 0 Å². The van der Waals surface area contributed by atoms with Gasteiger partial charge in [0.1, 0.15) is 0 Å². The lowest BCUT2D eigenvalue weighted by Gasteiger charge is -2.05. The molecule has 0 aromatic carbocycles. The second kappa shape index (κ2) is 3.44. The van der Waals surface area contributed by atoms with Gasteiger partial charge >= 0.3 is 6.18 Å². The van der Waals surface area contributed by atoms with Crippen molar-refractivity contribution in [3.8, 4) is 0 Å². The quantitative estimate of drug-likeness (QED) is 0.363. The fraction of sp³-hybridized carbons (Fsp3) is 0.667. The van der Waals surface area contributed by atoms with Crippen LogP contribution < -0.4 is 0 Å². The van der Waals surface area contributed by atoms with Gasteiger partial charge < -0.3 is 0 Å². The van der Waals surface area contributed by atoms with Crippen LogP contribution in [0.3, 0.4) is 0 Å². The van der Waals surface area contributed by atoms with Gasteiger partial charge in [-0.1, -0.05) is 0 Å². The Hall–Kier alpha value is -0.950. The third-order valence-corrected chi connectivity index (χ3v) is 0.630. The zero-order valence-corrected chi connectivity index (χ0v) is 4.70. The first-order valence-corrected chi connectivity index (χ1v) is 2.10. The molecule has 0 heterocycles. The molecular formula is C3HF6NO. The van der Waals surface area contributed by atoms with Crippen LogP contribution >= 0.6 is 0 Å². The molecule has 0 N–H and O–H groups in total. The van der Waals surface area contributed by atoms with Crippen molar-refractivity contribution in [2.24, 2.45) is 5.16 Å². The van der Waals surface area contributed by atoms with Gasteiger partial charge in [0.2, 0.25) is 5.71 Å². The van der Waals surface area contributed by atoms with Gasteiger partial charge in [0.15, 0.2) is 0 Å². The van der Waals surface area contributed by atoms with Crippen molar-refractivity contribution >= 4 is 5.71 Å². The first-order chi connectivity index (χ1) is 4.89. The molecule has 0 amide bonds. The van der Waals surface area contributed by atoms with Crippen LogP contribution in [0.15, 0.2) is 5.16 Å². The number of hydrogen-bond donors (Lipinski definition) is 0. The molecule has 66 valence electrons. The Morgan fingerprint density at radius 2 is 1.73 bits per heavy atom. The summed E-state index contributed by atoms with van der Waals surface area (Å²) in [6.45, 7) is 0. The maximum absolute atomic E-state index is 11.3. The van der Waals surface area contributed by atoms with Gasteiger partial charge in [-0.25, -0.2) is 8.78 Å². The molecule has 11 heavy (non-hydrogen) atoms. The second-order valence-corrected chi connectivity index (χ2v) is 1.34. The van der Waals surface area contributed by atoms with E-state index < -0.39 is 18.3 Å². The van der Waals surface area contributed by atoms with Crippen LogP contribution in [-0.2, 0) is 5.04 Å². The summed E-state index contributed by atoms with van der Waals surface area (Å²) in [5.74, 6) is 0. The molecule has 0 saturated heterocycles. The van der Waals surface area contributed by atoms with E-state index in [1.165, 1.54) is 5.16 Å². The summed E-state index contributed by atoms with van der Waals surface area (Å²) in [5, 5.41) is 3.55. The van der Waals surface area contributed by atoms with Gasteiger partial charge in [0.05, 0.1) is 0 Å². The Bertz CT molecular complexity index is 150. The van der Waals surface area contributed by atoms with Gasteiger partial charge in [0, 0.05) is 4.53 Å². The highest BCUT2D eigenvalue weighted by atomic mass is 19.4. The van der Waals surface area contributed by atoms with Crippen LogP contribution in [0.4, 0.5) is 26.5 Å². The zero-order chi connectivity index (χ0) is 9.07. The molecule has 0 aromatic heterocycles. The zero-order valence-electron chi connectivity index (χ0n) is 4.70. The second-order valence-electron chi connectivity index (χ2n) is 1.34. The predicted molar refractivity (Wildman–Crippen MR) is 21.7 cm³/mol. The Balaban J connectivity index is 4.49. The van der Waals surface area contributed by atoms with E-state index in [4.69, 9.17) is 0 Å². The van der Waals surface area contributed by atoms with Crippen molar-refractivity contribution in [1.29, 1.82) is 0 Å². The number of hydrogen-bond acceptors (Lipinski definition) is 2. The van der Waals surface area contributed by atoms with Crippen LogP contribution in [0.5, 0.6) is 0 Å². The molecule has 0 saturated carbocycles. The van der Waals surface area contributed by atoms with Crippen molar-refractivity contribution < 1.29 is 31.5 Å². The lowest BCUT2D eigenvalue weighted by atomic mass is 10.4. The number of alkyl halides is 5. The number of halogens is 6. The molecule has 8 heteroatoms. The predicted octanol–water partition coefficient (Wildman–Crippen LogP) is 2.07. The minimum atomic E-state index is -5.37. The number of oxime groups is 1. The minimum Gasteiger partial charge on any atom is -0.203 e. The molecule has 0 spiro atoms. The van der Waals surface area contributed by atoms with Crippen molar-refractivity contribution in [2.45, 2.75) is 12.6 Å². The molecule has 0 aliphatic heterocycles. The normalized spacial score (nSPS) is 13.9. The Morgan fingerprint density at radius 3 is 1.82 bits per heavy atom. The lowest BCUT2D eigenvalue weighted by molar-refractivity contribution is -0.141. The SMILES string of the molecule is FON=C(C(F)F)C(F)(F)F. The number of nitrogens with zero attached hydrogens (tertiary/aromatic N) is 1. The molecule has 2 nitrogen and oxygen atoms in total. The van der Waals surface area contributed by atoms with E-state index in [1.54, 1.807) is 0 Å². The van der Waals surface area contributed by atoms with Crippen LogP contribution in [-0.4, -0.2) is 18.3 Å². The molecule has 0 radical (unpaired) electrons. The summed E-state index contributed by atoms with van der Waals surface area (Å²) in [4.78, 5) is 0. The van der Waals surface area contributed by atoms with Gasteiger partial charge in [-0.15, -0.1) is 0 Å². The van der Waals surface area contributed by atoms with Crippen LogP contribution in [0.1, 0.15) is 0 Å². The van der Waals surface area contributed by atoms with Crippen molar-refractivity contribution in [1.82, 2.24) is 0 Å². The molecule has 0 aliphatic rings. The average Bonchev–Trinajstić information content (AvgIpc) is 1.79. The van der Waals surface area contributed by atoms with E-state index in [0.29, 0.717) is 0 Å². The molecule has 0 unspecified atom stereocenters. The first-order valence-electron chi connectivity index (χ1n) is 2.10. The Labute approximate surface area is 56.3 Å². The molecule has 0 aromatic rings. The molecule has 0 aliphatic carbocycles. The summed E-state index contributed by atoms with van der Waals surface area (Å²) in [6.07, 6.45) is -9.29. The van der Waals surface area contributed by atoms with Gasteiger partial charge in [0.25, 0.3) is 6.43 Å². The largest absolute Gasteiger partial charge is 0.438 e. The summed E-state index contributed by atoms with van der Waals surface area (Å²) >= 11 is 0. The highest BCUT2D eigenvalue weighted by Crippen LogP contribution is 2.21. The van der Waals surface area contributed by atoms with Crippen LogP contribution in [0.2, 0.25) is 0 Å². The van der Waals surface area contributed by atoms with Gasteiger partial charge in [-0.2, -0.15) is 18.2 Å². The highest BCUT2D eigenvalue weighted by Gasteiger charge is 2.43. The topological polar surface area (TPSA) is 21.6 Å². The Kier molecular flexibility index (Phi) is 3.15. The molecular weight excluding hydrogens is 180 g/mol. The maximum atomic E-state index is 11.3. The smallest absolute Gasteiger partial charge is 0.203 e. The average molecular weight is 181 g/mol. The monoisotopic (exact) mass is 181 g/mol. The molecule has 0 bridgehead atoms. The fourth-order valence-electron chi connectivity index (χ4n) is 0.252. The van der Waals surface area contributed by atoms with Crippen molar-refractivity contribution in [3.05, 3.63) is 0 Å². The van der Waals surface area contributed by atoms with Crippen molar-refractivity contribution in [3.63, 3.8) is 0 Å². The van der Waals surface area contributed by atoms with E-state index >= 15 is 0 Å². The van der Waals surface area contributed by atoms with Crippen molar-refractivity contribution in [2.75, 3.05) is 0 Å². The van der Waals surface area contributed by atoms with Gasteiger partial charge in [-0.3, -0.25) is 0 Å². The Morgan fingerprint density at radius 1 is 1.27 bits per heavy atom. The van der Waals surface area contributed by atoms with E-state index in [-0.39, 0.29) is 0 Å². The third-order valence-electron chi connectivity index (χ3n) is 0.630. The standard InChI is InChI=1S/C3HF6NO/c4-2(5)1(10-11-9)3(6,7)8/h2H. The lowest BCUT2D eigenvalue weighted by Crippen LogP contribution is -2.29. The van der Waals surface area contributed by atoms with Gasteiger partial charge in [-0.05, 0) is 5.16 Å². The van der Waals surface area contributed by atoms with Crippen LogP contribution in [0.25, 0.3) is 0 Å². The third kappa shape index (κ3) is 3.10. The minimum absolute atomic E-state index is 1.47. The summed E-state index contributed by atoms with van der Waals surface area (Å²) in [5.41, 5.74) is -2.60. The highest BCUT2D eigenvalue weighted by molar-refractivity contribution is 5.91. The van der Waals surface area contributed by atoms with Crippen LogP contribution in [0, 0.1) is 0 Å². The fourth-order valence-corrected chi connectivity index (χ4v) is 0.252. The molecule has 0 fully saturated rings. The van der Waals surface area contributed by atoms with E-state index in [0.717, 1.165) is 0 Å². The number of rotatable bonds is 2. The summed E-state index contributed by atoms with van der Waals surface area (Å²) in [6, 6.07) is 0. The molecule has 0 rings (SSSR count). The molecule has 0 atom stereocenters. The maximum Gasteiger partial charge on any atom is 0.438 e. The summed E-state index contributed by atoms with van der Waals surface area (Å²) < 4.78 is 67.1. The first kappa shape index (κ1) is 10.1. The summed E-state index contributed by atoms with van der Waals surface area (Å²) in [7, 11) is 0. The van der Waals surface area contributed by atoms with E-state index in [9.17, 15) is 26.5 Å².